The van der Waals surface area contributed by atoms with Gasteiger partial charge in [0, 0.05) is 18.5 Å². The third-order valence-electron chi connectivity index (χ3n) is 9.03. The molecular formula is C34H47N3O7. The topological polar surface area (TPSA) is 125 Å². The third kappa shape index (κ3) is 6.47. The van der Waals surface area contributed by atoms with Crippen LogP contribution in [0.5, 0.6) is 0 Å². The summed E-state index contributed by atoms with van der Waals surface area (Å²) in [7, 11) is 0. The summed E-state index contributed by atoms with van der Waals surface area (Å²) in [4.78, 5) is 58.0. The van der Waals surface area contributed by atoms with Crippen molar-refractivity contribution >= 4 is 23.7 Å². The van der Waals surface area contributed by atoms with Crippen LogP contribution in [0.25, 0.3) is 0 Å². The Labute approximate surface area is 260 Å². The minimum Gasteiger partial charge on any atom is -0.460 e. The molecule has 1 spiro atoms. The SMILES string of the molecule is C=CCCC(=O)NC[C@H](C)OC(=O)[C@@H]1[C@H]2C(=O)N([C@@H](CO)Cc3ccccc3)[C@H](C(=O)N(CC=C)C(C)(C)C)[C@]23CC[C@H]1O3. The van der Waals surface area contributed by atoms with E-state index in [1.165, 1.54) is 4.90 Å². The predicted octanol–water partition coefficient (Wildman–Crippen LogP) is 2.79. The first-order chi connectivity index (χ1) is 20.9. The molecule has 3 saturated heterocycles. The maximum absolute atomic E-state index is 14.6. The minimum absolute atomic E-state index is 0.128. The fraction of sp³-hybridized carbons (Fsp3) is 0.588. The van der Waals surface area contributed by atoms with Gasteiger partial charge in [-0.25, -0.2) is 0 Å². The van der Waals surface area contributed by atoms with Gasteiger partial charge < -0.3 is 29.7 Å². The molecule has 3 heterocycles. The average Bonchev–Trinajstić information content (AvgIpc) is 3.63. The van der Waals surface area contributed by atoms with E-state index in [0.29, 0.717) is 32.1 Å². The van der Waals surface area contributed by atoms with Crippen LogP contribution in [0.2, 0.25) is 0 Å². The molecule has 4 rings (SSSR count). The number of likely N-dealkylation sites (tertiary alicyclic amines) is 1. The molecule has 2 N–H and O–H groups in total. The van der Waals surface area contributed by atoms with E-state index in [1.54, 1.807) is 24.0 Å². The molecule has 3 aliphatic rings. The maximum atomic E-state index is 14.6. The summed E-state index contributed by atoms with van der Waals surface area (Å²) >= 11 is 0. The number of aliphatic hydroxyl groups is 1. The Balaban J connectivity index is 1.66. The Morgan fingerprint density at radius 2 is 1.93 bits per heavy atom. The normalized spacial score (nSPS) is 26.9. The fourth-order valence-electron chi connectivity index (χ4n) is 7.04. The van der Waals surface area contributed by atoms with Crippen molar-refractivity contribution in [2.24, 2.45) is 11.8 Å². The monoisotopic (exact) mass is 609 g/mol. The highest BCUT2D eigenvalue weighted by molar-refractivity contribution is 5.98. The number of aliphatic hydroxyl groups excluding tert-OH is 1. The first-order valence-corrected chi connectivity index (χ1v) is 15.5. The number of nitrogens with zero attached hydrogens (tertiary/aromatic N) is 2. The molecule has 0 aliphatic carbocycles. The number of rotatable bonds is 14. The Morgan fingerprint density at radius 1 is 1.23 bits per heavy atom. The summed E-state index contributed by atoms with van der Waals surface area (Å²) in [6, 6.07) is 7.74. The van der Waals surface area contributed by atoms with Crippen LogP contribution in [0, 0.1) is 11.8 Å². The number of allylic oxidation sites excluding steroid dienone is 1. The van der Waals surface area contributed by atoms with Crippen molar-refractivity contribution in [3.8, 4) is 0 Å². The van der Waals surface area contributed by atoms with E-state index in [1.807, 2.05) is 51.1 Å². The van der Waals surface area contributed by atoms with E-state index in [9.17, 15) is 24.3 Å². The highest BCUT2D eigenvalue weighted by atomic mass is 16.6. The molecule has 1 aromatic carbocycles. The lowest BCUT2D eigenvalue weighted by Crippen LogP contribution is -2.61. The van der Waals surface area contributed by atoms with E-state index in [-0.39, 0.29) is 37.4 Å². The second kappa shape index (κ2) is 13.6. The van der Waals surface area contributed by atoms with Gasteiger partial charge in [-0.2, -0.15) is 0 Å². The second-order valence-corrected chi connectivity index (χ2v) is 13.1. The molecule has 44 heavy (non-hydrogen) atoms. The van der Waals surface area contributed by atoms with E-state index in [0.717, 1.165) is 5.56 Å². The van der Waals surface area contributed by atoms with Crippen molar-refractivity contribution in [1.29, 1.82) is 0 Å². The highest BCUT2D eigenvalue weighted by Crippen LogP contribution is 2.59. The predicted molar refractivity (Wildman–Crippen MR) is 165 cm³/mol. The maximum Gasteiger partial charge on any atom is 0.312 e. The molecule has 3 amide bonds. The lowest BCUT2D eigenvalue weighted by Gasteiger charge is -2.43. The lowest BCUT2D eigenvalue weighted by molar-refractivity contribution is -0.160. The molecule has 1 aromatic rings. The van der Waals surface area contributed by atoms with Crippen LogP contribution in [-0.2, 0) is 35.1 Å². The van der Waals surface area contributed by atoms with E-state index in [4.69, 9.17) is 9.47 Å². The average molecular weight is 610 g/mol. The van der Waals surface area contributed by atoms with Crippen LogP contribution in [0.4, 0.5) is 0 Å². The number of nitrogens with one attached hydrogen (secondary N) is 1. The Kier molecular flexibility index (Phi) is 10.4. The van der Waals surface area contributed by atoms with Gasteiger partial charge in [0.05, 0.1) is 37.1 Å². The Bertz CT molecular complexity index is 1250. The van der Waals surface area contributed by atoms with E-state index in [2.05, 4.69) is 18.5 Å². The van der Waals surface area contributed by atoms with Gasteiger partial charge in [-0.3, -0.25) is 19.2 Å². The van der Waals surface area contributed by atoms with Crippen LogP contribution in [0.15, 0.2) is 55.6 Å². The molecule has 3 fully saturated rings. The second-order valence-electron chi connectivity index (χ2n) is 13.1. The molecule has 0 aromatic heterocycles. The summed E-state index contributed by atoms with van der Waals surface area (Å²) in [5.74, 6) is -3.29. The van der Waals surface area contributed by atoms with Gasteiger partial charge in [-0.1, -0.05) is 42.5 Å². The summed E-state index contributed by atoms with van der Waals surface area (Å²) < 4.78 is 12.3. The zero-order valence-corrected chi connectivity index (χ0v) is 26.4. The third-order valence-corrected chi connectivity index (χ3v) is 9.03. The number of amides is 3. The van der Waals surface area contributed by atoms with Gasteiger partial charge in [0.1, 0.15) is 17.7 Å². The zero-order chi connectivity index (χ0) is 32.2. The number of carbonyl (C=O) groups excluding carboxylic acids is 4. The van der Waals surface area contributed by atoms with E-state index >= 15 is 0 Å². The van der Waals surface area contributed by atoms with Crippen molar-refractivity contribution < 1.29 is 33.8 Å². The number of fused-ring (bicyclic) bond motifs is 1. The van der Waals surface area contributed by atoms with Crippen molar-refractivity contribution in [2.45, 2.75) is 95.2 Å². The molecular weight excluding hydrogens is 562 g/mol. The number of hydrogen-bond donors (Lipinski definition) is 2. The smallest absolute Gasteiger partial charge is 0.312 e. The first-order valence-electron chi connectivity index (χ1n) is 15.5. The summed E-state index contributed by atoms with van der Waals surface area (Å²) in [5.41, 5.74) is -0.924. The molecule has 3 aliphatic heterocycles. The van der Waals surface area contributed by atoms with Crippen LogP contribution in [0.3, 0.4) is 0 Å². The van der Waals surface area contributed by atoms with Crippen LogP contribution in [-0.4, -0.2) is 93.7 Å². The molecule has 0 saturated carbocycles. The largest absolute Gasteiger partial charge is 0.460 e. The number of ether oxygens (including phenoxy) is 2. The molecule has 2 bridgehead atoms. The lowest BCUT2D eigenvalue weighted by atomic mass is 9.70. The van der Waals surface area contributed by atoms with Gasteiger partial charge >= 0.3 is 5.97 Å². The van der Waals surface area contributed by atoms with Crippen molar-refractivity contribution in [3.63, 3.8) is 0 Å². The van der Waals surface area contributed by atoms with Crippen LogP contribution < -0.4 is 5.32 Å². The van der Waals surface area contributed by atoms with Gasteiger partial charge in [0.25, 0.3) is 0 Å². The summed E-state index contributed by atoms with van der Waals surface area (Å²) in [5, 5.41) is 13.4. The van der Waals surface area contributed by atoms with Crippen molar-refractivity contribution in [3.05, 3.63) is 61.2 Å². The standard InChI is InChI=1S/C34H47N3O7/c1-7-9-15-26(39)35-20-22(3)43-32(42)27-25-16-17-34(44-25)28(27)30(40)37(24(21-38)19-23-13-11-10-12-14-23)29(34)31(41)36(18-8-2)33(4,5)6/h7-8,10-14,22,24-25,27-29,38H,1-2,9,15-21H2,3-6H3,(H,35,39)/t22-,24+,25+,27-,28-,29+,34-/m0/s1. The molecule has 10 heteroatoms. The Morgan fingerprint density at radius 3 is 2.55 bits per heavy atom. The fourth-order valence-corrected chi connectivity index (χ4v) is 7.04. The summed E-state index contributed by atoms with van der Waals surface area (Å²) in [6.07, 6.45) is 4.18. The Hall–Kier alpha value is -3.50. The van der Waals surface area contributed by atoms with Crippen LogP contribution >= 0.6 is 0 Å². The van der Waals surface area contributed by atoms with Gasteiger partial charge in [0.2, 0.25) is 17.7 Å². The number of esters is 1. The molecule has 7 atom stereocenters. The highest BCUT2D eigenvalue weighted by Gasteiger charge is 2.75. The quantitative estimate of drug-likeness (QED) is 0.246. The number of benzene rings is 1. The summed E-state index contributed by atoms with van der Waals surface area (Å²) in [6.45, 7) is 14.9. The minimum atomic E-state index is -1.24. The van der Waals surface area contributed by atoms with Crippen molar-refractivity contribution in [1.82, 2.24) is 15.1 Å². The number of carbonyl (C=O) groups is 4. The van der Waals surface area contributed by atoms with Crippen molar-refractivity contribution in [2.75, 3.05) is 19.7 Å². The van der Waals surface area contributed by atoms with Gasteiger partial charge in [-0.15, -0.1) is 13.2 Å². The molecule has 10 nitrogen and oxygen atoms in total. The first kappa shape index (κ1) is 33.4. The molecule has 0 radical (unpaired) electrons. The molecule has 0 unspecified atom stereocenters. The van der Waals surface area contributed by atoms with Crippen LogP contribution in [0.1, 0.15) is 58.9 Å². The van der Waals surface area contributed by atoms with Gasteiger partial charge in [-0.05, 0) is 58.9 Å². The molecule has 240 valence electrons. The van der Waals surface area contributed by atoms with E-state index < -0.39 is 53.2 Å². The van der Waals surface area contributed by atoms with Gasteiger partial charge in [0.15, 0.2) is 0 Å². The number of hydrogen-bond acceptors (Lipinski definition) is 7. The zero-order valence-electron chi connectivity index (χ0n) is 26.4.